The molecule has 9 nitrogen and oxygen atoms in total. The number of hydrogen-bond donors (Lipinski definition) is 1. The van der Waals surface area contributed by atoms with Crippen LogP contribution in [0.5, 0.6) is 11.5 Å². The van der Waals surface area contributed by atoms with Crippen molar-refractivity contribution >= 4 is 27.5 Å². The number of nitrogens with zero attached hydrogens (tertiary/aromatic N) is 2. The summed E-state index contributed by atoms with van der Waals surface area (Å²) in [5.74, 6) is 0.241. The highest BCUT2D eigenvalue weighted by atomic mass is 32.2. The minimum absolute atomic E-state index is 0.0459. The van der Waals surface area contributed by atoms with Crippen LogP contribution in [0.1, 0.15) is 38.8 Å². The summed E-state index contributed by atoms with van der Waals surface area (Å²) in [6.45, 7) is 8.59. The number of carbonyl (C=O) groups is 2. The molecule has 10 heteroatoms. The second kappa shape index (κ2) is 13.1. The van der Waals surface area contributed by atoms with Gasteiger partial charge in [0.1, 0.15) is 24.1 Å². The molecule has 220 valence electrons. The summed E-state index contributed by atoms with van der Waals surface area (Å²) in [5.41, 5.74) is 1.39. The van der Waals surface area contributed by atoms with Crippen molar-refractivity contribution in [3.05, 3.63) is 83.9 Å². The first-order chi connectivity index (χ1) is 19.2. The molecule has 0 saturated heterocycles. The fraction of sp³-hybridized carbons (Fsp3) is 0.355. The molecule has 3 rings (SSSR count). The maximum atomic E-state index is 14.0. The van der Waals surface area contributed by atoms with Gasteiger partial charge in [-0.15, -0.1) is 0 Å². The zero-order chi connectivity index (χ0) is 30.4. The summed E-state index contributed by atoms with van der Waals surface area (Å²) in [7, 11) is -1.09. The van der Waals surface area contributed by atoms with Gasteiger partial charge >= 0.3 is 0 Å². The van der Waals surface area contributed by atoms with Gasteiger partial charge in [-0.05, 0) is 88.7 Å². The van der Waals surface area contributed by atoms with E-state index in [0.717, 1.165) is 15.4 Å². The number of benzene rings is 3. The molecule has 0 bridgehead atoms. The van der Waals surface area contributed by atoms with Gasteiger partial charge in [0.15, 0.2) is 0 Å². The van der Waals surface area contributed by atoms with Gasteiger partial charge in [0, 0.05) is 12.1 Å². The van der Waals surface area contributed by atoms with Crippen molar-refractivity contribution in [3.8, 4) is 11.5 Å². The number of hydrogen-bond acceptors (Lipinski definition) is 6. The number of aryl methyl sites for hydroxylation is 1. The lowest BCUT2D eigenvalue weighted by atomic mass is 10.1. The Morgan fingerprint density at radius 1 is 0.902 bits per heavy atom. The summed E-state index contributed by atoms with van der Waals surface area (Å²) in [6.07, 6.45) is 0. The van der Waals surface area contributed by atoms with Crippen LogP contribution in [0.4, 0.5) is 5.69 Å². The van der Waals surface area contributed by atoms with Crippen LogP contribution >= 0.6 is 0 Å². The number of rotatable bonds is 11. The maximum absolute atomic E-state index is 14.0. The molecule has 1 atom stereocenters. The average molecular weight is 582 g/mol. The first kappa shape index (κ1) is 31.5. The molecule has 0 aliphatic carbocycles. The molecule has 0 heterocycles. The van der Waals surface area contributed by atoms with E-state index in [4.69, 9.17) is 9.47 Å². The zero-order valence-corrected chi connectivity index (χ0v) is 25.5. The Morgan fingerprint density at radius 3 is 2.07 bits per heavy atom. The molecule has 0 saturated carbocycles. The van der Waals surface area contributed by atoms with Crippen molar-refractivity contribution < 1.29 is 27.5 Å². The van der Waals surface area contributed by atoms with Gasteiger partial charge in [0.2, 0.25) is 11.8 Å². The van der Waals surface area contributed by atoms with Crippen LogP contribution in [0.2, 0.25) is 0 Å². The third kappa shape index (κ3) is 8.23. The zero-order valence-electron chi connectivity index (χ0n) is 24.7. The molecule has 3 aromatic rings. The summed E-state index contributed by atoms with van der Waals surface area (Å²) in [6, 6.07) is 19.1. The molecule has 41 heavy (non-hydrogen) atoms. The molecular weight excluding hydrogens is 542 g/mol. The number of sulfonamides is 1. The molecule has 0 radical (unpaired) electrons. The lowest BCUT2D eigenvalue weighted by Crippen LogP contribution is -2.54. The van der Waals surface area contributed by atoms with E-state index in [-0.39, 0.29) is 23.0 Å². The number of anilines is 1. The highest BCUT2D eigenvalue weighted by Gasteiger charge is 2.33. The second-order valence-electron chi connectivity index (χ2n) is 10.8. The smallest absolute Gasteiger partial charge is 0.264 e. The van der Waals surface area contributed by atoms with Crippen molar-refractivity contribution in [3.63, 3.8) is 0 Å². The minimum Gasteiger partial charge on any atom is -0.497 e. The van der Waals surface area contributed by atoms with Gasteiger partial charge in [-0.25, -0.2) is 8.42 Å². The van der Waals surface area contributed by atoms with E-state index in [1.54, 1.807) is 68.6 Å². The lowest BCUT2D eigenvalue weighted by molar-refractivity contribution is -0.140. The van der Waals surface area contributed by atoms with Crippen molar-refractivity contribution in [2.75, 3.05) is 25.1 Å². The molecule has 3 aromatic carbocycles. The number of nitrogens with one attached hydrogen (secondary N) is 1. The van der Waals surface area contributed by atoms with Crippen LogP contribution in [0.3, 0.4) is 0 Å². The standard InChI is InChI=1S/C31H39N3O6S/c1-22-11-17-28(18-12-22)41(37,38)34(25-13-15-26(39-6)16-14-25)21-29(35)33(23(2)30(36)32-31(3,4)5)20-24-9-8-10-27(19-24)40-7/h8-19,23H,20-21H2,1-7H3,(H,32,36)/t23-/m0/s1. The third-order valence-corrected chi connectivity index (χ3v) is 8.19. The van der Waals surface area contributed by atoms with E-state index in [2.05, 4.69) is 5.32 Å². The third-order valence-electron chi connectivity index (χ3n) is 6.40. The Morgan fingerprint density at radius 2 is 1.51 bits per heavy atom. The molecule has 0 fully saturated rings. The van der Waals surface area contributed by atoms with Gasteiger partial charge < -0.3 is 19.7 Å². The van der Waals surface area contributed by atoms with Crippen LogP contribution < -0.4 is 19.1 Å². The molecular formula is C31H39N3O6S. The predicted molar refractivity (Wildman–Crippen MR) is 160 cm³/mol. The van der Waals surface area contributed by atoms with Gasteiger partial charge in [-0.1, -0.05) is 29.8 Å². The van der Waals surface area contributed by atoms with Crippen molar-refractivity contribution in [2.45, 2.75) is 57.6 Å². The summed E-state index contributed by atoms with van der Waals surface area (Å²) < 4.78 is 39.5. The Labute approximate surface area is 243 Å². The van der Waals surface area contributed by atoms with E-state index in [9.17, 15) is 18.0 Å². The molecule has 0 aliphatic rings. The van der Waals surface area contributed by atoms with Crippen LogP contribution in [-0.4, -0.2) is 57.5 Å². The quantitative estimate of drug-likeness (QED) is 0.357. The monoisotopic (exact) mass is 581 g/mol. The SMILES string of the molecule is COc1ccc(N(CC(=O)N(Cc2cccc(OC)c2)[C@@H](C)C(=O)NC(C)(C)C)S(=O)(=O)c2ccc(C)cc2)cc1. The normalized spacial score (nSPS) is 12.3. The largest absolute Gasteiger partial charge is 0.497 e. The Kier molecular flexibility index (Phi) is 10.0. The van der Waals surface area contributed by atoms with Crippen molar-refractivity contribution in [1.82, 2.24) is 10.2 Å². The first-order valence-electron chi connectivity index (χ1n) is 13.2. The minimum atomic E-state index is -4.15. The van der Waals surface area contributed by atoms with E-state index in [1.807, 2.05) is 33.8 Å². The Bertz CT molecular complexity index is 1450. The highest BCUT2D eigenvalue weighted by Crippen LogP contribution is 2.27. The summed E-state index contributed by atoms with van der Waals surface area (Å²) in [5, 5.41) is 2.92. The number of amides is 2. The molecule has 2 amide bonds. The maximum Gasteiger partial charge on any atom is 0.264 e. The fourth-order valence-electron chi connectivity index (χ4n) is 4.14. The first-order valence-corrected chi connectivity index (χ1v) is 14.7. The predicted octanol–water partition coefficient (Wildman–Crippen LogP) is 4.54. The number of methoxy groups -OCH3 is 2. The molecule has 0 aliphatic heterocycles. The van der Waals surface area contributed by atoms with Crippen molar-refractivity contribution in [1.29, 1.82) is 0 Å². The highest BCUT2D eigenvalue weighted by molar-refractivity contribution is 7.92. The van der Waals surface area contributed by atoms with Gasteiger partial charge in [0.25, 0.3) is 10.0 Å². The molecule has 0 spiro atoms. The van der Waals surface area contributed by atoms with Gasteiger partial charge in [-0.3, -0.25) is 13.9 Å². The molecule has 0 aromatic heterocycles. The van der Waals surface area contributed by atoms with Gasteiger partial charge in [-0.2, -0.15) is 0 Å². The lowest BCUT2D eigenvalue weighted by Gasteiger charge is -2.33. The van der Waals surface area contributed by atoms with E-state index >= 15 is 0 Å². The van der Waals surface area contributed by atoms with E-state index in [0.29, 0.717) is 11.5 Å². The van der Waals surface area contributed by atoms with E-state index < -0.39 is 34.1 Å². The number of carbonyl (C=O) groups excluding carboxylic acids is 2. The van der Waals surface area contributed by atoms with Gasteiger partial charge in [0.05, 0.1) is 24.8 Å². The van der Waals surface area contributed by atoms with Crippen LogP contribution in [0, 0.1) is 6.92 Å². The Hall–Kier alpha value is -4.05. The average Bonchev–Trinajstić information content (AvgIpc) is 2.93. The fourth-order valence-corrected chi connectivity index (χ4v) is 5.55. The summed E-state index contributed by atoms with van der Waals surface area (Å²) in [4.78, 5) is 28.7. The van der Waals surface area contributed by atoms with Crippen LogP contribution in [-0.2, 0) is 26.2 Å². The molecule has 1 N–H and O–H groups in total. The summed E-state index contributed by atoms with van der Waals surface area (Å²) >= 11 is 0. The van der Waals surface area contributed by atoms with Crippen LogP contribution in [0.25, 0.3) is 0 Å². The second-order valence-corrected chi connectivity index (χ2v) is 12.7. The van der Waals surface area contributed by atoms with Crippen molar-refractivity contribution in [2.24, 2.45) is 0 Å². The molecule has 0 unspecified atom stereocenters. The number of ether oxygens (including phenoxy) is 2. The van der Waals surface area contributed by atoms with E-state index in [1.165, 1.54) is 24.1 Å². The topological polar surface area (TPSA) is 105 Å². The Balaban J connectivity index is 2.05. The van der Waals surface area contributed by atoms with Crippen LogP contribution in [0.15, 0.2) is 77.7 Å².